The van der Waals surface area contributed by atoms with Crippen LogP contribution in [0.25, 0.3) is 11.3 Å². The van der Waals surface area contributed by atoms with Crippen molar-refractivity contribution < 1.29 is 0 Å². The van der Waals surface area contributed by atoms with Crippen LogP contribution in [0.5, 0.6) is 0 Å². The van der Waals surface area contributed by atoms with Crippen molar-refractivity contribution in [3.8, 4) is 11.3 Å². The van der Waals surface area contributed by atoms with Gasteiger partial charge in [-0.25, -0.2) is 0 Å². The van der Waals surface area contributed by atoms with Crippen LogP contribution in [0.4, 0.5) is 0 Å². The first-order chi connectivity index (χ1) is 6.75. The minimum atomic E-state index is -0.0151. The minimum Gasteiger partial charge on any atom is -0.361 e. The summed E-state index contributed by atoms with van der Waals surface area (Å²) in [7, 11) is 0. The molecule has 0 unspecified atom stereocenters. The van der Waals surface area contributed by atoms with E-state index in [4.69, 9.17) is 11.6 Å². The third kappa shape index (κ3) is 1.86. The van der Waals surface area contributed by atoms with Crippen molar-refractivity contribution in [2.45, 2.75) is 0 Å². The monoisotopic (exact) mass is 205 g/mol. The SMILES string of the molecule is O=c1cc[nH]c(-c2cccc(Cl)c2)c1. The molecule has 2 rings (SSSR count). The zero-order chi connectivity index (χ0) is 9.97. The molecule has 0 aliphatic heterocycles. The Morgan fingerprint density at radius 2 is 2.00 bits per heavy atom. The van der Waals surface area contributed by atoms with Gasteiger partial charge in [0.25, 0.3) is 0 Å². The highest BCUT2D eigenvalue weighted by atomic mass is 35.5. The Morgan fingerprint density at radius 3 is 2.71 bits per heavy atom. The average Bonchev–Trinajstić information content (AvgIpc) is 2.18. The standard InChI is InChI=1S/C11H8ClNO/c12-9-3-1-2-8(6-9)11-7-10(14)4-5-13-11/h1-7H,(H,13,14). The van der Waals surface area contributed by atoms with Gasteiger partial charge in [-0.05, 0) is 17.7 Å². The Kier molecular flexibility index (Phi) is 2.37. The summed E-state index contributed by atoms with van der Waals surface area (Å²) >= 11 is 5.84. The van der Waals surface area contributed by atoms with E-state index in [1.54, 1.807) is 18.3 Å². The molecule has 1 aromatic heterocycles. The second-order valence-corrected chi connectivity index (χ2v) is 3.38. The number of aromatic nitrogens is 1. The van der Waals surface area contributed by atoms with E-state index < -0.39 is 0 Å². The number of halogens is 1. The number of nitrogens with one attached hydrogen (secondary N) is 1. The van der Waals surface area contributed by atoms with E-state index in [2.05, 4.69) is 4.98 Å². The molecule has 2 nitrogen and oxygen atoms in total. The topological polar surface area (TPSA) is 32.9 Å². The van der Waals surface area contributed by atoms with E-state index in [0.29, 0.717) is 5.02 Å². The van der Waals surface area contributed by atoms with E-state index in [1.165, 1.54) is 6.07 Å². The molecule has 0 saturated heterocycles. The highest BCUT2D eigenvalue weighted by Gasteiger charge is 1.98. The van der Waals surface area contributed by atoms with Crippen LogP contribution in [0.3, 0.4) is 0 Å². The van der Waals surface area contributed by atoms with Crippen LogP contribution in [0.2, 0.25) is 5.02 Å². The van der Waals surface area contributed by atoms with Crippen molar-refractivity contribution >= 4 is 11.6 Å². The average molecular weight is 206 g/mol. The molecule has 0 bridgehead atoms. The molecule has 1 aromatic carbocycles. The van der Waals surface area contributed by atoms with E-state index in [9.17, 15) is 4.79 Å². The maximum Gasteiger partial charge on any atom is 0.182 e. The summed E-state index contributed by atoms with van der Waals surface area (Å²) in [5.41, 5.74) is 1.67. The second-order valence-electron chi connectivity index (χ2n) is 2.95. The first kappa shape index (κ1) is 9.03. The van der Waals surface area contributed by atoms with Crippen molar-refractivity contribution in [3.05, 3.63) is 57.8 Å². The third-order valence-electron chi connectivity index (χ3n) is 1.91. The van der Waals surface area contributed by atoms with Gasteiger partial charge in [0, 0.05) is 29.0 Å². The lowest BCUT2D eigenvalue weighted by Crippen LogP contribution is -1.97. The lowest BCUT2D eigenvalue weighted by molar-refractivity contribution is 1.30. The number of benzene rings is 1. The van der Waals surface area contributed by atoms with E-state index in [-0.39, 0.29) is 5.43 Å². The summed E-state index contributed by atoms with van der Waals surface area (Å²) < 4.78 is 0. The fourth-order valence-corrected chi connectivity index (χ4v) is 1.46. The van der Waals surface area contributed by atoms with Gasteiger partial charge >= 0.3 is 0 Å². The lowest BCUT2D eigenvalue weighted by atomic mass is 10.1. The van der Waals surface area contributed by atoms with Crippen LogP contribution in [-0.2, 0) is 0 Å². The van der Waals surface area contributed by atoms with E-state index in [0.717, 1.165) is 11.3 Å². The number of H-pyrrole nitrogens is 1. The highest BCUT2D eigenvalue weighted by Crippen LogP contribution is 2.19. The molecule has 0 aliphatic rings. The fourth-order valence-electron chi connectivity index (χ4n) is 1.27. The molecule has 0 radical (unpaired) electrons. The third-order valence-corrected chi connectivity index (χ3v) is 2.14. The van der Waals surface area contributed by atoms with Crippen LogP contribution in [0.15, 0.2) is 47.4 Å². The number of pyridine rings is 1. The number of rotatable bonds is 1. The first-order valence-electron chi connectivity index (χ1n) is 4.20. The summed E-state index contributed by atoms with van der Waals surface area (Å²) in [6.45, 7) is 0. The second kappa shape index (κ2) is 3.68. The molecule has 0 amide bonds. The van der Waals surface area contributed by atoms with Gasteiger partial charge < -0.3 is 4.98 Å². The molecule has 0 atom stereocenters. The van der Waals surface area contributed by atoms with Gasteiger partial charge in [-0.2, -0.15) is 0 Å². The number of hydrogen-bond acceptors (Lipinski definition) is 1. The molecular formula is C11H8ClNO. The molecule has 14 heavy (non-hydrogen) atoms. The zero-order valence-electron chi connectivity index (χ0n) is 7.33. The summed E-state index contributed by atoms with van der Waals surface area (Å²) in [6.07, 6.45) is 1.62. The van der Waals surface area contributed by atoms with Crippen molar-refractivity contribution in [2.24, 2.45) is 0 Å². The summed E-state index contributed by atoms with van der Waals surface area (Å²) in [6, 6.07) is 10.4. The van der Waals surface area contributed by atoms with Gasteiger partial charge in [-0.3, -0.25) is 4.79 Å². The summed E-state index contributed by atoms with van der Waals surface area (Å²) in [4.78, 5) is 14.1. The molecule has 1 N–H and O–H groups in total. The molecule has 0 aliphatic carbocycles. The smallest absolute Gasteiger partial charge is 0.182 e. The Bertz CT molecular complexity index is 504. The van der Waals surface area contributed by atoms with Crippen LogP contribution >= 0.6 is 11.6 Å². The predicted octanol–water partition coefficient (Wildman–Crippen LogP) is 2.70. The van der Waals surface area contributed by atoms with Crippen molar-refractivity contribution in [1.29, 1.82) is 0 Å². The van der Waals surface area contributed by atoms with Crippen molar-refractivity contribution in [1.82, 2.24) is 4.98 Å². The normalized spacial score (nSPS) is 10.1. The molecule has 0 spiro atoms. The largest absolute Gasteiger partial charge is 0.361 e. The van der Waals surface area contributed by atoms with Crippen LogP contribution in [0, 0.1) is 0 Å². The molecule has 3 heteroatoms. The first-order valence-corrected chi connectivity index (χ1v) is 4.58. The van der Waals surface area contributed by atoms with Gasteiger partial charge in [0.2, 0.25) is 0 Å². The Hall–Kier alpha value is -1.54. The molecule has 70 valence electrons. The van der Waals surface area contributed by atoms with Gasteiger partial charge in [-0.15, -0.1) is 0 Å². The quantitative estimate of drug-likeness (QED) is 0.763. The lowest BCUT2D eigenvalue weighted by Gasteiger charge is -2.00. The minimum absolute atomic E-state index is 0.0151. The molecule has 0 fully saturated rings. The van der Waals surface area contributed by atoms with Crippen LogP contribution in [0.1, 0.15) is 0 Å². The van der Waals surface area contributed by atoms with Crippen LogP contribution < -0.4 is 5.43 Å². The van der Waals surface area contributed by atoms with Gasteiger partial charge in [0.15, 0.2) is 5.43 Å². The number of aromatic amines is 1. The summed E-state index contributed by atoms with van der Waals surface area (Å²) in [5, 5.41) is 0.659. The zero-order valence-corrected chi connectivity index (χ0v) is 8.08. The van der Waals surface area contributed by atoms with Gasteiger partial charge in [0.1, 0.15) is 0 Å². The highest BCUT2D eigenvalue weighted by molar-refractivity contribution is 6.30. The maximum absolute atomic E-state index is 11.1. The number of hydrogen-bond donors (Lipinski definition) is 1. The maximum atomic E-state index is 11.1. The Morgan fingerprint density at radius 1 is 1.14 bits per heavy atom. The van der Waals surface area contributed by atoms with E-state index in [1.807, 2.05) is 18.2 Å². The fraction of sp³-hybridized carbons (Fsp3) is 0. The molecule has 2 aromatic rings. The summed E-state index contributed by atoms with van der Waals surface area (Å²) in [5.74, 6) is 0. The molecular weight excluding hydrogens is 198 g/mol. The Balaban J connectivity index is 2.55. The van der Waals surface area contributed by atoms with Gasteiger partial charge in [0.05, 0.1) is 0 Å². The van der Waals surface area contributed by atoms with Crippen LogP contribution in [-0.4, -0.2) is 4.98 Å². The molecule has 0 saturated carbocycles. The predicted molar refractivity (Wildman–Crippen MR) is 57.5 cm³/mol. The van der Waals surface area contributed by atoms with Crippen molar-refractivity contribution in [3.63, 3.8) is 0 Å². The molecule has 1 heterocycles. The van der Waals surface area contributed by atoms with Gasteiger partial charge in [-0.1, -0.05) is 23.7 Å². The Labute approximate surface area is 86.2 Å². The van der Waals surface area contributed by atoms with E-state index >= 15 is 0 Å². The van der Waals surface area contributed by atoms with Crippen molar-refractivity contribution in [2.75, 3.05) is 0 Å².